The van der Waals surface area contributed by atoms with Crippen LogP contribution in [0, 0.1) is 6.92 Å². The lowest BCUT2D eigenvalue weighted by Gasteiger charge is -2.31. The Morgan fingerprint density at radius 2 is 1.75 bits per heavy atom. The molecule has 0 saturated carbocycles. The van der Waals surface area contributed by atoms with Gasteiger partial charge in [0.05, 0.1) is 11.9 Å². The molecule has 198 valence electrons. The Morgan fingerprint density at radius 3 is 2.33 bits per heavy atom. The summed E-state index contributed by atoms with van der Waals surface area (Å²) in [6.07, 6.45) is 1.80. The third-order valence-corrected chi connectivity index (χ3v) is 7.93. The van der Waals surface area contributed by atoms with E-state index in [0.29, 0.717) is 44.8 Å². The fraction of sp³-hybridized carbons (Fsp3) is 0.440. The number of hydrogen-bond acceptors (Lipinski definition) is 4. The van der Waals surface area contributed by atoms with E-state index in [2.05, 4.69) is 5.32 Å². The molecule has 0 spiro atoms. The molecule has 1 atom stereocenters. The number of likely N-dealkylation sites (N-methyl/N-ethyl adjacent to an activating group) is 1. The molecule has 0 aliphatic rings. The average molecular weight is 577 g/mol. The average Bonchev–Trinajstić information content (AvgIpc) is 2.79. The number of nitrogens with one attached hydrogen (secondary N) is 1. The zero-order chi connectivity index (χ0) is 27.0. The van der Waals surface area contributed by atoms with Crippen molar-refractivity contribution >= 4 is 62.3 Å². The first kappa shape index (κ1) is 30.2. The number of benzene rings is 2. The van der Waals surface area contributed by atoms with E-state index in [1.165, 1.54) is 9.21 Å². The topological polar surface area (TPSA) is 86.8 Å². The molecule has 2 amide bonds. The van der Waals surface area contributed by atoms with Crippen molar-refractivity contribution in [2.45, 2.75) is 52.6 Å². The molecule has 2 rings (SSSR count). The molecule has 0 aliphatic heterocycles. The van der Waals surface area contributed by atoms with Gasteiger partial charge < -0.3 is 10.2 Å². The van der Waals surface area contributed by atoms with Crippen LogP contribution in [0.15, 0.2) is 36.4 Å². The number of rotatable bonds is 12. The van der Waals surface area contributed by atoms with E-state index >= 15 is 0 Å². The third-order valence-electron chi connectivity index (χ3n) is 5.75. The minimum absolute atomic E-state index is 0.0345. The highest BCUT2D eigenvalue weighted by Crippen LogP contribution is 2.29. The highest BCUT2D eigenvalue weighted by molar-refractivity contribution is 7.92. The third kappa shape index (κ3) is 8.00. The molecule has 0 saturated heterocycles. The van der Waals surface area contributed by atoms with Gasteiger partial charge in [0.15, 0.2) is 0 Å². The van der Waals surface area contributed by atoms with Crippen LogP contribution in [-0.4, -0.2) is 50.5 Å². The number of sulfonamides is 1. The standard InChI is InChI=1S/C25H32Cl3N3O4S/c1-5-22(25(33)29-6-2)30(16-18-12-13-19(26)15-21(18)28)24(32)11-8-14-31(36(4,34)35)23-10-7-9-20(27)17(23)3/h7,9-10,12-13,15,22H,5-6,8,11,14,16H2,1-4H3,(H,29,33). The summed E-state index contributed by atoms with van der Waals surface area (Å²) in [5.74, 6) is -0.541. The first-order chi connectivity index (χ1) is 16.9. The van der Waals surface area contributed by atoms with Gasteiger partial charge in [-0.1, -0.05) is 53.9 Å². The minimum atomic E-state index is -3.62. The molecule has 0 bridgehead atoms. The molecular formula is C25H32Cl3N3O4S. The molecular weight excluding hydrogens is 545 g/mol. The summed E-state index contributed by atoms with van der Waals surface area (Å²) < 4.78 is 26.3. The van der Waals surface area contributed by atoms with Crippen LogP contribution in [0.2, 0.25) is 15.1 Å². The van der Waals surface area contributed by atoms with Crippen LogP contribution < -0.4 is 9.62 Å². The normalized spacial score (nSPS) is 12.2. The fourth-order valence-corrected chi connectivity index (χ4v) is 5.55. The van der Waals surface area contributed by atoms with E-state index in [9.17, 15) is 18.0 Å². The van der Waals surface area contributed by atoms with E-state index in [4.69, 9.17) is 34.8 Å². The quantitative estimate of drug-likeness (QED) is 0.364. The van der Waals surface area contributed by atoms with E-state index in [0.717, 1.165) is 6.26 Å². The first-order valence-electron chi connectivity index (χ1n) is 11.6. The van der Waals surface area contributed by atoms with E-state index in [1.54, 1.807) is 43.3 Å². The Balaban J connectivity index is 2.27. The molecule has 0 fully saturated rings. The Labute approximate surface area is 228 Å². The maximum absolute atomic E-state index is 13.4. The summed E-state index contributed by atoms with van der Waals surface area (Å²) in [5.41, 5.74) is 1.76. The summed E-state index contributed by atoms with van der Waals surface area (Å²) in [6, 6.07) is 9.34. The molecule has 2 aromatic carbocycles. The van der Waals surface area contributed by atoms with Crippen LogP contribution in [0.25, 0.3) is 0 Å². The fourth-order valence-electron chi connectivity index (χ4n) is 3.89. The Hall–Kier alpha value is -2.00. The Morgan fingerprint density at radius 1 is 1.06 bits per heavy atom. The van der Waals surface area contributed by atoms with Crippen molar-refractivity contribution in [3.8, 4) is 0 Å². The van der Waals surface area contributed by atoms with Crippen LogP contribution in [0.3, 0.4) is 0 Å². The highest BCUT2D eigenvalue weighted by atomic mass is 35.5. The number of carbonyl (C=O) groups is 2. The number of halogens is 3. The van der Waals surface area contributed by atoms with Crippen molar-refractivity contribution in [2.24, 2.45) is 0 Å². The number of nitrogens with zero attached hydrogens (tertiary/aromatic N) is 2. The minimum Gasteiger partial charge on any atom is -0.355 e. The second kappa shape index (κ2) is 13.5. The van der Waals surface area contributed by atoms with Gasteiger partial charge in [0.25, 0.3) is 0 Å². The lowest BCUT2D eigenvalue weighted by Crippen LogP contribution is -2.49. The van der Waals surface area contributed by atoms with Crippen molar-refractivity contribution in [2.75, 3.05) is 23.7 Å². The van der Waals surface area contributed by atoms with E-state index in [1.807, 2.05) is 13.8 Å². The molecule has 2 aromatic rings. The molecule has 0 aromatic heterocycles. The number of amides is 2. The van der Waals surface area contributed by atoms with Crippen LogP contribution in [0.4, 0.5) is 5.69 Å². The maximum Gasteiger partial charge on any atom is 0.242 e. The van der Waals surface area contributed by atoms with Crippen molar-refractivity contribution in [1.29, 1.82) is 0 Å². The van der Waals surface area contributed by atoms with Gasteiger partial charge in [0.1, 0.15) is 6.04 Å². The number of anilines is 1. The predicted octanol–water partition coefficient (Wildman–Crippen LogP) is 5.44. The Bertz CT molecular complexity index is 1190. The summed E-state index contributed by atoms with van der Waals surface area (Å²) in [7, 11) is -3.62. The van der Waals surface area contributed by atoms with Gasteiger partial charge in [0, 0.05) is 41.1 Å². The van der Waals surface area contributed by atoms with Crippen LogP contribution >= 0.6 is 34.8 Å². The van der Waals surface area contributed by atoms with Gasteiger partial charge in [0.2, 0.25) is 21.8 Å². The largest absolute Gasteiger partial charge is 0.355 e. The molecule has 11 heteroatoms. The van der Waals surface area contributed by atoms with Gasteiger partial charge in [-0.05, 0) is 62.1 Å². The van der Waals surface area contributed by atoms with Gasteiger partial charge in [-0.3, -0.25) is 13.9 Å². The summed E-state index contributed by atoms with van der Waals surface area (Å²) in [6.45, 7) is 6.02. The number of carbonyl (C=O) groups excluding carboxylic acids is 2. The van der Waals surface area contributed by atoms with Crippen molar-refractivity contribution in [1.82, 2.24) is 10.2 Å². The molecule has 1 N–H and O–H groups in total. The second-order valence-corrected chi connectivity index (χ2v) is 11.6. The van der Waals surface area contributed by atoms with Crippen LogP contribution in [0.1, 0.15) is 44.2 Å². The smallest absolute Gasteiger partial charge is 0.242 e. The van der Waals surface area contributed by atoms with Crippen LogP contribution in [-0.2, 0) is 26.2 Å². The lowest BCUT2D eigenvalue weighted by atomic mass is 10.1. The van der Waals surface area contributed by atoms with Crippen molar-refractivity contribution in [3.05, 3.63) is 62.6 Å². The van der Waals surface area contributed by atoms with Gasteiger partial charge in [-0.2, -0.15) is 0 Å². The zero-order valence-electron chi connectivity index (χ0n) is 20.9. The van der Waals surface area contributed by atoms with E-state index in [-0.39, 0.29) is 37.7 Å². The van der Waals surface area contributed by atoms with Crippen LogP contribution in [0.5, 0.6) is 0 Å². The maximum atomic E-state index is 13.4. The van der Waals surface area contributed by atoms with Gasteiger partial charge in [-0.25, -0.2) is 8.42 Å². The predicted molar refractivity (Wildman–Crippen MR) is 147 cm³/mol. The van der Waals surface area contributed by atoms with Crippen molar-refractivity contribution in [3.63, 3.8) is 0 Å². The second-order valence-electron chi connectivity index (χ2n) is 8.40. The van der Waals surface area contributed by atoms with Crippen molar-refractivity contribution < 1.29 is 18.0 Å². The van der Waals surface area contributed by atoms with Gasteiger partial charge >= 0.3 is 0 Å². The zero-order valence-corrected chi connectivity index (χ0v) is 23.9. The summed E-state index contributed by atoms with van der Waals surface area (Å²) in [4.78, 5) is 27.7. The first-order valence-corrected chi connectivity index (χ1v) is 14.6. The molecule has 0 aliphatic carbocycles. The molecule has 1 unspecified atom stereocenters. The molecule has 0 heterocycles. The highest BCUT2D eigenvalue weighted by Gasteiger charge is 2.29. The summed E-state index contributed by atoms with van der Waals surface area (Å²) >= 11 is 18.6. The molecule has 7 nitrogen and oxygen atoms in total. The lowest BCUT2D eigenvalue weighted by molar-refractivity contribution is -0.141. The summed E-state index contributed by atoms with van der Waals surface area (Å²) in [5, 5.41) is 4.10. The van der Waals surface area contributed by atoms with Gasteiger partial charge in [-0.15, -0.1) is 0 Å². The SMILES string of the molecule is CCNC(=O)C(CC)N(Cc1ccc(Cl)cc1Cl)C(=O)CCCN(c1cccc(Cl)c1C)S(C)(=O)=O. The number of hydrogen-bond donors (Lipinski definition) is 1. The monoisotopic (exact) mass is 575 g/mol. The van der Waals surface area contributed by atoms with E-state index < -0.39 is 16.1 Å². The molecule has 0 radical (unpaired) electrons. The molecule has 36 heavy (non-hydrogen) atoms. The Kier molecular flexibility index (Phi) is 11.3.